The normalized spacial score (nSPS) is 24.0. The zero-order valence-corrected chi connectivity index (χ0v) is 15.9. The lowest BCUT2D eigenvalue weighted by atomic mass is 9.98. The van der Waals surface area contributed by atoms with Crippen LogP contribution in [0.25, 0.3) is 0 Å². The minimum Gasteiger partial charge on any atom is -0.444 e. The van der Waals surface area contributed by atoms with Crippen LogP contribution in [0.4, 0.5) is 10.6 Å². The molecule has 2 aliphatic rings. The Hall–Kier alpha value is -1.60. The molecule has 2 atom stereocenters. The Bertz CT molecular complexity index is 649. The number of carbonyl (C=O) groups excluding carboxylic acids is 1. The number of morpholine rings is 1. The minimum absolute atomic E-state index is 0.0317. The SMILES string of the molecule is Cc1cc(Cl)nnc1N1CCO[C@@H]2CCN(C(=O)OC(C)(C)C)C[C@@H]21. The molecule has 3 rings (SSSR count). The van der Waals surface area contributed by atoms with Crippen LogP contribution < -0.4 is 4.90 Å². The van der Waals surface area contributed by atoms with Gasteiger partial charge < -0.3 is 19.3 Å². The van der Waals surface area contributed by atoms with Crippen molar-refractivity contribution >= 4 is 23.5 Å². The third-order valence-corrected chi connectivity index (χ3v) is 4.62. The van der Waals surface area contributed by atoms with Crippen molar-refractivity contribution in [2.24, 2.45) is 0 Å². The van der Waals surface area contributed by atoms with Gasteiger partial charge >= 0.3 is 6.09 Å². The van der Waals surface area contributed by atoms with Gasteiger partial charge in [-0.15, -0.1) is 10.2 Å². The van der Waals surface area contributed by atoms with Gasteiger partial charge in [0, 0.05) is 19.6 Å². The first-order valence-corrected chi connectivity index (χ1v) is 8.98. The number of halogens is 1. The molecule has 7 nitrogen and oxygen atoms in total. The van der Waals surface area contributed by atoms with E-state index in [-0.39, 0.29) is 18.2 Å². The summed E-state index contributed by atoms with van der Waals surface area (Å²) in [7, 11) is 0. The Kier molecular flexibility index (Phi) is 5.06. The maximum Gasteiger partial charge on any atom is 0.410 e. The van der Waals surface area contributed by atoms with E-state index in [1.165, 1.54) is 0 Å². The van der Waals surface area contributed by atoms with Crippen molar-refractivity contribution in [2.75, 3.05) is 31.1 Å². The lowest BCUT2D eigenvalue weighted by Gasteiger charge is -2.47. The number of piperidine rings is 1. The molecule has 1 aromatic rings. The van der Waals surface area contributed by atoms with Crippen molar-refractivity contribution in [3.63, 3.8) is 0 Å². The quantitative estimate of drug-likeness (QED) is 0.759. The maximum atomic E-state index is 12.4. The summed E-state index contributed by atoms with van der Waals surface area (Å²) < 4.78 is 11.5. The van der Waals surface area contributed by atoms with Gasteiger partial charge in [0.1, 0.15) is 5.60 Å². The number of hydrogen-bond acceptors (Lipinski definition) is 6. The van der Waals surface area contributed by atoms with Gasteiger partial charge in [0.2, 0.25) is 0 Å². The molecule has 0 unspecified atom stereocenters. The number of anilines is 1. The van der Waals surface area contributed by atoms with Crippen LogP contribution in [0, 0.1) is 6.92 Å². The Labute approximate surface area is 153 Å². The molecule has 1 aromatic heterocycles. The lowest BCUT2D eigenvalue weighted by molar-refractivity contribution is -0.0372. The van der Waals surface area contributed by atoms with E-state index >= 15 is 0 Å². The number of aromatic nitrogens is 2. The van der Waals surface area contributed by atoms with Gasteiger partial charge in [-0.05, 0) is 45.7 Å². The van der Waals surface area contributed by atoms with Gasteiger partial charge in [0.15, 0.2) is 11.0 Å². The molecule has 2 aliphatic heterocycles. The highest BCUT2D eigenvalue weighted by Gasteiger charge is 2.40. The Balaban J connectivity index is 1.79. The first kappa shape index (κ1) is 18.2. The second-order valence-corrected chi connectivity index (χ2v) is 7.95. The van der Waals surface area contributed by atoms with Crippen LogP contribution in [0.2, 0.25) is 5.15 Å². The molecule has 0 aliphatic carbocycles. The molecule has 0 aromatic carbocycles. The highest BCUT2D eigenvalue weighted by Crippen LogP contribution is 2.29. The average Bonchev–Trinajstić information content (AvgIpc) is 2.52. The number of likely N-dealkylation sites (tertiary alicyclic amines) is 1. The lowest BCUT2D eigenvalue weighted by Crippen LogP contribution is -2.61. The number of fused-ring (bicyclic) bond motifs is 1. The van der Waals surface area contributed by atoms with Crippen LogP contribution in [0.5, 0.6) is 0 Å². The van der Waals surface area contributed by atoms with E-state index in [1.807, 2.05) is 33.8 Å². The standard InChI is InChI=1S/C17H25ClN4O3/c1-11-9-14(18)19-20-15(11)22-7-8-24-13-5-6-21(10-12(13)22)16(23)25-17(2,3)4/h9,12-13H,5-8,10H2,1-4H3/t12-,13+/m0/s1. The summed E-state index contributed by atoms with van der Waals surface area (Å²) in [4.78, 5) is 16.4. The maximum absolute atomic E-state index is 12.4. The van der Waals surface area contributed by atoms with Crippen molar-refractivity contribution in [1.82, 2.24) is 15.1 Å². The Morgan fingerprint density at radius 2 is 2.12 bits per heavy atom. The predicted octanol–water partition coefficient (Wildman–Crippen LogP) is 2.65. The summed E-state index contributed by atoms with van der Waals surface area (Å²) in [6, 6.07) is 1.84. The fourth-order valence-corrected chi connectivity index (χ4v) is 3.56. The fourth-order valence-electron chi connectivity index (χ4n) is 3.36. The molecule has 2 saturated heterocycles. The van der Waals surface area contributed by atoms with E-state index < -0.39 is 5.60 Å². The molecule has 2 fully saturated rings. The van der Waals surface area contributed by atoms with E-state index in [0.717, 1.165) is 17.8 Å². The molecule has 1 amide bonds. The summed E-state index contributed by atoms with van der Waals surface area (Å²) in [5.41, 5.74) is 0.463. The van der Waals surface area contributed by atoms with E-state index in [0.29, 0.717) is 31.4 Å². The van der Waals surface area contributed by atoms with Gasteiger partial charge in [0.25, 0.3) is 0 Å². The Morgan fingerprint density at radius 1 is 1.36 bits per heavy atom. The molecular weight excluding hydrogens is 344 g/mol. The molecule has 0 saturated carbocycles. The molecule has 0 radical (unpaired) electrons. The van der Waals surface area contributed by atoms with Gasteiger partial charge in [-0.25, -0.2) is 4.79 Å². The molecule has 0 N–H and O–H groups in total. The topological polar surface area (TPSA) is 67.8 Å². The summed E-state index contributed by atoms with van der Waals surface area (Å²) in [5, 5.41) is 8.64. The molecular formula is C17H25ClN4O3. The zero-order chi connectivity index (χ0) is 18.2. The van der Waals surface area contributed by atoms with E-state index in [4.69, 9.17) is 21.1 Å². The number of ether oxygens (including phenoxy) is 2. The zero-order valence-electron chi connectivity index (χ0n) is 15.2. The van der Waals surface area contributed by atoms with E-state index in [9.17, 15) is 4.79 Å². The van der Waals surface area contributed by atoms with Crippen LogP contribution in [0.1, 0.15) is 32.8 Å². The van der Waals surface area contributed by atoms with Crippen LogP contribution >= 0.6 is 11.6 Å². The molecule has 8 heteroatoms. The van der Waals surface area contributed by atoms with Gasteiger partial charge in [-0.2, -0.15) is 0 Å². The molecule has 0 bridgehead atoms. The fraction of sp³-hybridized carbons (Fsp3) is 0.706. The van der Waals surface area contributed by atoms with Crippen molar-refractivity contribution < 1.29 is 14.3 Å². The predicted molar refractivity (Wildman–Crippen MR) is 95.1 cm³/mol. The van der Waals surface area contributed by atoms with Crippen molar-refractivity contribution in [3.8, 4) is 0 Å². The highest BCUT2D eigenvalue weighted by molar-refractivity contribution is 6.29. The summed E-state index contributed by atoms with van der Waals surface area (Å²) >= 11 is 5.93. The third-order valence-electron chi connectivity index (χ3n) is 4.44. The summed E-state index contributed by atoms with van der Waals surface area (Å²) in [6.07, 6.45) is 0.570. The van der Waals surface area contributed by atoms with Crippen LogP contribution in [-0.2, 0) is 9.47 Å². The summed E-state index contributed by atoms with van der Waals surface area (Å²) in [6.45, 7) is 10.1. The largest absolute Gasteiger partial charge is 0.444 e. The second kappa shape index (κ2) is 6.96. The van der Waals surface area contributed by atoms with E-state index in [2.05, 4.69) is 15.1 Å². The van der Waals surface area contributed by atoms with Crippen molar-refractivity contribution in [3.05, 3.63) is 16.8 Å². The van der Waals surface area contributed by atoms with E-state index in [1.54, 1.807) is 4.90 Å². The van der Waals surface area contributed by atoms with Gasteiger partial charge in [-0.1, -0.05) is 11.6 Å². The Morgan fingerprint density at radius 3 is 2.80 bits per heavy atom. The summed E-state index contributed by atoms with van der Waals surface area (Å²) in [5.74, 6) is 0.800. The molecule has 25 heavy (non-hydrogen) atoms. The molecule has 3 heterocycles. The number of aryl methyl sites for hydroxylation is 1. The number of amides is 1. The first-order chi connectivity index (χ1) is 11.7. The van der Waals surface area contributed by atoms with Crippen molar-refractivity contribution in [2.45, 2.75) is 51.9 Å². The minimum atomic E-state index is -0.505. The molecule has 138 valence electrons. The number of nitrogens with zero attached hydrogens (tertiary/aromatic N) is 4. The number of hydrogen-bond donors (Lipinski definition) is 0. The smallest absolute Gasteiger partial charge is 0.410 e. The van der Waals surface area contributed by atoms with Crippen LogP contribution in [-0.4, -0.2) is 65.2 Å². The number of carbonyl (C=O) groups is 1. The van der Waals surface area contributed by atoms with Gasteiger partial charge in [0.05, 0.1) is 18.8 Å². The van der Waals surface area contributed by atoms with Crippen LogP contribution in [0.15, 0.2) is 6.07 Å². The third kappa shape index (κ3) is 4.15. The first-order valence-electron chi connectivity index (χ1n) is 8.60. The monoisotopic (exact) mass is 368 g/mol. The highest BCUT2D eigenvalue weighted by atomic mass is 35.5. The molecule has 0 spiro atoms. The average molecular weight is 369 g/mol. The second-order valence-electron chi connectivity index (χ2n) is 7.56. The number of rotatable bonds is 1. The van der Waals surface area contributed by atoms with Gasteiger partial charge in [-0.3, -0.25) is 0 Å². The van der Waals surface area contributed by atoms with Crippen molar-refractivity contribution in [1.29, 1.82) is 0 Å². The van der Waals surface area contributed by atoms with Crippen LogP contribution in [0.3, 0.4) is 0 Å².